The van der Waals surface area contributed by atoms with Gasteiger partial charge in [-0.1, -0.05) is 30.3 Å². The van der Waals surface area contributed by atoms with Crippen LogP contribution in [0.2, 0.25) is 0 Å². The Bertz CT molecular complexity index is 455. The summed E-state index contributed by atoms with van der Waals surface area (Å²) in [5, 5.41) is 8.66. The molecular formula is C13H12N2O. The minimum Gasteiger partial charge on any atom is -0.476 e. The molecule has 1 aromatic rings. The predicted octanol–water partition coefficient (Wildman–Crippen LogP) is 2.80. The van der Waals surface area contributed by atoms with Crippen molar-refractivity contribution in [2.45, 2.75) is 19.4 Å². The van der Waals surface area contributed by atoms with Crippen molar-refractivity contribution >= 4 is 5.90 Å². The van der Waals surface area contributed by atoms with E-state index in [4.69, 9.17) is 10.00 Å². The van der Waals surface area contributed by atoms with Crippen molar-refractivity contribution < 1.29 is 4.74 Å². The minimum absolute atomic E-state index is 0.537. The van der Waals surface area contributed by atoms with Crippen LogP contribution in [-0.2, 0) is 11.3 Å². The van der Waals surface area contributed by atoms with Crippen molar-refractivity contribution in [2.24, 2.45) is 4.99 Å². The van der Waals surface area contributed by atoms with Gasteiger partial charge in [-0.3, -0.25) is 0 Å². The predicted molar refractivity (Wildman–Crippen MR) is 61.6 cm³/mol. The standard InChI is InChI=1S/C13H12N2O/c14-8-12-6-7-13(15-9-12)16-10-11-4-2-1-3-5-11/h1-5,9H,6-7,10H2. The molecule has 0 bridgehead atoms. The van der Waals surface area contributed by atoms with Crippen LogP contribution in [0.1, 0.15) is 18.4 Å². The first-order chi connectivity index (χ1) is 7.88. The van der Waals surface area contributed by atoms with Gasteiger partial charge in [-0.05, 0) is 12.0 Å². The zero-order valence-corrected chi connectivity index (χ0v) is 8.89. The molecule has 0 N–H and O–H groups in total. The molecule has 1 heterocycles. The number of nitrogens with zero attached hydrogens (tertiary/aromatic N) is 2. The van der Waals surface area contributed by atoms with Crippen LogP contribution in [-0.4, -0.2) is 5.90 Å². The Balaban J connectivity index is 1.91. The Morgan fingerprint density at radius 1 is 1.25 bits per heavy atom. The van der Waals surface area contributed by atoms with Crippen molar-refractivity contribution in [2.75, 3.05) is 0 Å². The molecule has 0 aliphatic carbocycles. The van der Waals surface area contributed by atoms with E-state index in [1.54, 1.807) is 6.20 Å². The van der Waals surface area contributed by atoms with Gasteiger partial charge in [-0.2, -0.15) is 5.26 Å². The van der Waals surface area contributed by atoms with Gasteiger partial charge in [0.15, 0.2) is 5.90 Å². The molecule has 0 radical (unpaired) electrons. The third kappa shape index (κ3) is 2.71. The molecule has 2 rings (SSSR count). The highest BCUT2D eigenvalue weighted by molar-refractivity contribution is 5.78. The Kier molecular flexibility index (Phi) is 3.35. The first-order valence-corrected chi connectivity index (χ1v) is 5.21. The summed E-state index contributed by atoms with van der Waals surface area (Å²) in [4.78, 5) is 4.11. The van der Waals surface area contributed by atoms with Gasteiger partial charge >= 0.3 is 0 Å². The van der Waals surface area contributed by atoms with Gasteiger partial charge in [0.05, 0.1) is 6.07 Å². The van der Waals surface area contributed by atoms with E-state index in [0.29, 0.717) is 24.5 Å². The van der Waals surface area contributed by atoms with E-state index in [1.807, 2.05) is 30.3 Å². The topological polar surface area (TPSA) is 45.4 Å². The fraction of sp³-hybridized carbons (Fsp3) is 0.231. The lowest BCUT2D eigenvalue weighted by atomic mass is 10.1. The van der Waals surface area contributed by atoms with Crippen molar-refractivity contribution in [3.05, 3.63) is 47.7 Å². The van der Waals surface area contributed by atoms with E-state index in [-0.39, 0.29) is 0 Å². The summed E-state index contributed by atoms with van der Waals surface area (Å²) in [6, 6.07) is 12.1. The van der Waals surface area contributed by atoms with E-state index in [0.717, 1.165) is 12.0 Å². The second kappa shape index (κ2) is 5.13. The van der Waals surface area contributed by atoms with E-state index >= 15 is 0 Å². The number of aliphatic imine (C=N–C) groups is 1. The lowest BCUT2D eigenvalue weighted by Gasteiger charge is -2.11. The fourth-order valence-corrected chi connectivity index (χ4v) is 1.46. The number of ether oxygens (including phenoxy) is 1. The quantitative estimate of drug-likeness (QED) is 0.756. The van der Waals surface area contributed by atoms with Crippen LogP contribution in [0.5, 0.6) is 0 Å². The van der Waals surface area contributed by atoms with Crippen molar-refractivity contribution in [1.29, 1.82) is 5.26 Å². The van der Waals surface area contributed by atoms with Crippen LogP contribution in [0.3, 0.4) is 0 Å². The molecule has 0 aromatic heterocycles. The van der Waals surface area contributed by atoms with Crippen molar-refractivity contribution in [1.82, 2.24) is 0 Å². The van der Waals surface area contributed by atoms with Gasteiger partial charge in [-0.25, -0.2) is 4.99 Å². The van der Waals surface area contributed by atoms with Gasteiger partial charge in [-0.15, -0.1) is 0 Å². The number of allylic oxidation sites excluding steroid dienone is 1. The van der Waals surface area contributed by atoms with Gasteiger partial charge in [0.25, 0.3) is 0 Å². The first-order valence-electron chi connectivity index (χ1n) is 5.21. The Morgan fingerprint density at radius 3 is 2.69 bits per heavy atom. The summed E-state index contributed by atoms with van der Waals surface area (Å²) in [5.41, 5.74) is 1.84. The zero-order valence-electron chi connectivity index (χ0n) is 8.89. The molecule has 3 heteroatoms. The van der Waals surface area contributed by atoms with Gasteiger partial charge in [0, 0.05) is 18.2 Å². The number of nitriles is 1. The average molecular weight is 212 g/mol. The molecule has 1 aliphatic heterocycles. The fourth-order valence-electron chi connectivity index (χ4n) is 1.46. The number of benzene rings is 1. The van der Waals surface area contributed by atoms with Gasteiger partial charge in [0.2, 0.25) is 0 Å². The summed E-state index contributed by atoms with van der Waals surface area (Å²) in [7, 11) is 0. The van der Waals surface area contributed by atoms with Crippen LogP contribution >= 0.6 is 0 Å². The minimum atomic E-state index is 0.537. The SMILES string of the molecule is N#CC1=CN=C(OCc2ccccc2)CC1. The molecule has 0 saturated heterocycles. The molecule has 80 valence electrons. The third-order valence-electron chi connectivity index (χ3n) is 2.36. The molecule has 0 saturated carbocycles. The maximum atomic E-state index is 8.66. The molecule has 0 unspecified atom stereocenters. The lowest BCUT2D eigenvalue weighted by molar-refractivity contribution is 0.282. The maximum absolute atomic E-state index is 8.66. The summed E-state index contributed by atoms with van der Waals surface area (Å²) in [5.74, 6) is 0.711. The molecule has 0 spiro atoms. The lowest BCUT2D eigenvalue weighted by Crippen LogP contribution is -2.07. The molecule has 1 aromatic carbocycles. The average Bonchev–Trinajstić information content (AvgIpc) is 2.38. The number of hydrogen-bond acceptors (Lipinski definition) is 3. The van der Waals surface area contributed by atoms with E-state index in [2.05, 4.69) is 11.1 Å². The van der Waals surface area contributed by atoms with Crippen LogP contribution in [0.25, 0.3) is 0 Å². The molecular weight excluding hydrogens is 200 g/mol. The summed E-state index contributed by atoms with van der Waals surface area (Å²) >= 11 is 0. The Morgan fingerprint density at radius 2 is 2.06 bits per heavy atom. The monoisotopic (exact) mass is 212 g/mol. The van der Waals surface area contributed by atoms with Crippen molar-refractivity contribution in [3.8, 4) is 6.07 Å². The molecule has 3 nitrogen and oxygen atoms in total. The van der Waals surface area contributed by atoms with E-state index < -0.39 is 0 Å². The molecule has 0 amide bonds. The highest BCUT2D eigenvalue weighted by atomic mass is 16.5. The van der Waals surface area contributed by atoms with Crippen LogP contribution in [0.15, 0.2) is 47.1 Å². The van der Waals surface area contributed by atoms with Crippen LogP contribution in [0, 0.1) is 11.3 Å². The second-order valence-electron chi connectivity index (χ2n) is 3.56. The maximum Gasteiger partial charge on any atom is 0.188 e. The summed E-state index contributed by atoms with van der Waals surface area (Å²) < 4.78 is 5.56. The third-order valence-corrected chi connectivity index (χ3v) is 2.36. The Hall–Kier alpha value is -2.08. The molecule has 0 atom stereocenters. The largest absolute Gasteiger partial charge is 0.476 e. The molecule has 16 heavy (non-hydrogen) atoms. The van der Waals surface area contributed by atoms with Gasteiger partial charge < -0.3 is 4.74 Å². The van der Waals surface area contributed by atoms with Crippen LogP contribution in [0.4, 0.5) is 0 Å². The zero-order chi connectivity index (χ0) is 11.2. The second-order valence-corrected chi connectivity index (χ2v) is 3.56. The number of rotatable bonds is 2. The first kappa shape index (κ1) is 10.4. The smallest absolute Gasteiger partial charge is 0.188 e. The van der Waals surface area contributed by atoms with E-state index in [1.165, 1.54) is 0 Å². The Labute approximate surface area is 94.7 Å². The molecule has 1 aliphatic rings. The summed E-state index contributed by atoms with van der Waals surface area (Å²) in [6.07, 6.45) is 3.03. The number of hydrogen-bond donors (Lipinski definition) is 0. The van der Waals surface area contributed by atoms with Crippen LogP contribution < -0.4 is 0 Å². The summed E-state index contributed by atoms with van der Waals surface area (Å²) in [6.45, 7) is 0.537. The highest BCUT2D eigenvalue weighted by Gasteiger charge is 2.08. The van der Waals surface area contributed by atoms with Gasteiger partial charge in [0.1, 0.15) is 6.61 Å². The molecule has 0 fully saturated rings. The van der Waals surface area contributed by atoms with E-state index in [9.17, 15) is 0 Å². The van der Waals surface area contributed by atoms with Crippen molar-refractivity contribution in [3.63, 3.8) is 0 Å². The normalized spacial score (nSPS) is 14.7. The highest BCUT2D eigenvalue weighted by Crippen LogP contribution is 2.13.